The zero-order chi connectivity index (χ0) is 30.2. The van der Waals surface area contributed by atoms with Gasteiger partial charge in [-0.3, -0.25) is 10.1 Å². The molecular formula is C35H60N2O4. The number of aliphatic hydroxyl groups excluding tert-OH is 1. The zero-order valence-electron chi connectivity index (χ0n) is 27.6. The van der Waals surface area contributed by atoms with E-state index in [-0.39, 0.29) is 33.7 Å². The van der Waals surface area contributed by atoms with Gasteiger partial charge in [0.25, 0.3) is 0 Å². The highest BCUT2D eigenvalue weighted by Gasteiger charge is 2.70. The second-order valence-electron chi connectivity index (χ2n) is 16.8. The lowest BCUT2D eigenvalue weighted by Gasteiger charge is -2.72. The summed E-state index contributed by atoms with van der Waals surface area (Å²) in [6, 6.07) is 0. The molecule has 0 aliphatic heterocycles. The molecule has 0 unspecified atom stereocenters. The van der Waals surface area contributed by atoms with Gasteiger partial charge in [-0.05, 0) is 116 Å². The van der Waals surface area contributed by atoms with Crippen LogP contribution in [0.5, 0.6) is 0 Å². The molecule has 6 nitrogen and oxygen atoms in total. The molecule has 4 saturated carbocycles. The van der Waals surface area contributed by atoms with Gasteiger partial charge in [-0.25, -0.2) is 4.89 Å². The van der Waals surface area contributed by atoms with Crippen molar-refractivity contribution in [2.24, 2.45) is 50.7 Å². The first-order valence-electron chi connectivity index (χ1n) is 16.7. The monoisotopic (exact) mass is 572 g/mol. The Hall–Kier alpha value is -0.790. The Morgan fingerprint density at radius 1 is 0.951 bits per heavy atom. The van der Waals surface area contributed by atoms with Crippen molar-refractivity contribution in [1.82, 2.24) is 10.2 Å². The quantitative estimate of drug-likeness (QED) is 0.179. The van der Waals surface area contributed by atoms with Crippen LogP contribution in [0.15, 0.2) is 11.1 Å². The van der Waals surface area contributed by atoms with Crippen LogP contribution in [0.4, 0.5) is 0 Å². The van der Waals surface area contributed by atoms with Crippen LogP contribution in [0.3, 0.4) is 0 Å². The van der Waals surface area contributed by atoms with Gasteiger partial charge in [0, 0.05) is 31.5 Å². The number of likely N-dealkylation sites (N-methyl/N-ethyl adjacent to an activating group) is 1. The number of aliphatic hydroxyl groups is 1. The highest BCUT2D eigenvalue weighted by molar-refractivity contribution is 6.00. The molecule has 0 aromatic heterocycles. The van der Waals surface area contributed by atoms with E-state index in [4.69, 9.17) is 4.89 Å². The van der Waals surface area contributed by atoms with Crippen LogP contribution in [0.1, 0.15) is 106 Å². The maximum absolute atomic E-state index is 13.8. The fourth-order valence-corrected chi connectivity index (χ4v) is 12.0. The van der Waals surface area contributed by atoms with Crippen molar-refractivity contribution in [1.29, 1.82) is 0 Å². The number of ketones is 1. The summed E-state index contributed by atoms with van der Waals surface area (Å²) in [6.07, 6.45) is 8.49. The smallest absolute Gasteiger partial charge is 0.160 e. The minimum atomic E-state index is -0.544. The van der Waals surface area contributed by atoms with Crippen LogP contribution in [-0.2, 0) is 9.68 Å². The summed E-state index contributed by atoms with van der Waals surface area (Å²) in [5.41, 5.74) is 2.41. The molecule has 6 heteroatoms. The summed E-state index contributed by atoms with van der Waals surface area (Å²) >= 11 is 0. The fraction of sp³-hybridized carbons (Fsp3) is 0.914. The lowest BCUT2D eigenvalue weighted by atomic mass is 9.33. The van der Waals surface area contributed by atoms with Crippen molar-refractivity contribution in [3.05, 3.63) is 11.1 Å². The number of hydrogen-bond acceptors (Lipinski definition) is 6. The molecule has 0 spiro atoms. The molecule has 5 rings (SSSR count). The largest absolute Gasteiger partial charge is 0.391 e. The lowest BCUT2D eigenvalue weighted by Crippen LogP contribution is -2.66. The molecule has 0 amide bonds. The molecule has 0 heterocycles. The number of allylic oxidation sites excluding steroid dienone is 1. The Morgan fingerprint density at radius 3 is 2.29 bits per heavy atom. The van der Waals surface area contributed by atoms with Gasteiger partial charge in [-0.15, -0.1) is 0 Å². The number of carbonyl (C=O) groups excluding carboxylic acids is 1. The van der Waals surface area contributed by atoms with Crippen molar-refractivity contribution in [3.63, 3.8) is 0 Å². The second kappa shape index (κ2) is 10.7. The normalized spacial score (nSPS) is 44.5. The SMILES string of the molecule is CC(C)C1=C2[C@H]3CC[C@@H]4[C@@]5(C)CC[C@H](OO)C(C)(C)[C@@H]5CC[C@@]4(C)[C@]3(C)CC[C@@]2([C@H](O)CNCCN(C)C)CC1=O. The van der Waals surface area contributed by atoms with Gasteiger partial charge < -0.3 is 15.3 Å². The molecule has 0 radical (unpaired) electrons. The van der Waals surface area contributed by atoms with Gasteiger partial charge in [0.05, 0.1) is 12.2 Å². The molecule has 5 aliphatic carbocycles. The van der Waals surface area contributed by atoms with Crippen LogP contribution < -0.4 is 5.32 Å². The third-order valence-electron chi connectivity index (χ3n) is 14.3. The molecule has 5 aliphatic rings. The predicted molar refractivity (Wildman–Crippen MR) is 164 cm³/mol. The Morgan fingerprint density at radius 2 is 1.66 bits per heavy atom. The van der Waals surface area contributed by atoms with Gasteiger partial charge in [0.2, 0.25) is 0 Å². The Bertz CT molecular complexity index is 1050. The standard InChI is InChI=1S/C35H60N2O4/c1-22(2)29-24(38)20-35(27(39)21-36-18-19-37(8)9)17-16-33(6)23(30(29)35)10-11-26-32(5)14-13-28(41-40)31(3,4)25(32)12-15-34(26,33)7/h22-23,25-28,36,39-40H,10-21H2,1-9H3/t23-,25+,26-,27-,28+,32+,33-,34-,35+/m1/s1. The highest BCUT2D eigenvalue weighted by Crippen LogP contribution is 2.77. The van der Waals surface area contributed by atoms with Crippen LogP contribution in [0, 0.1) is 50.7 Å². The zero-order valence-corrected chi connectivity index (χ0v) is 27.6. The topological polar surface area (TPSA) is 82.0 Å². The van der Waals surface area contributed by atoms with E-state index >= 15 is 0 Å². The van der Waals surface area contributed by atoms with Crippen LogP contribution in [-0.4, -0.2) is 67.0 Å². The first-order valence-corrected chi connectivity index (χ1v) is 16.7. The van der Waals surface area contributed by atoms with Crippen molar-refractivity contribution >= 4 is 5.78 Å². The van der Waals surface area contributed by atoms with Crippen LogP contribution in [0.2, 0.25) is 0 Å². The third-order valence-corrected chi connectivity index (χ3v) is 14.3. The molecule has 9 atom stereocenters. The molecule has 3 N–H and O–H groups in total. The number of Topliss-reactive ketones (excluding diaryl/α,β-unsaturated/α-hetero) is 1. The van der Waals surface area contributed by atoms with Gasteiger partial charge in [0.1, 0.15) is 0 Å². The molecule has 0 aromatic carbocycles. The van der Waals surface area contributed by atoms with Crippen molar-refractivity contribution in [2.45, 2.75) is 118 Å². The number of nitrogens with zero attached hydrogens (tertiary/aromatic N) is 1. The average molecular weight is 573 g/mol. The number of nitrogens with one attached hydrogen (secondary N) is 1. The Labute approximate surface area is 250 Å². The maximum Gasteiger partial charge on any atom is 0.160 e. The van der Waals surface area contributed by atoms with E-state index in [9.17, 15) is 15.2 Å². The predicted octanol–water partition coefficient (Wildman–Crippen LogP) is 6.34. The summed E-state index contributed by atoms with van der Waals surface area (Å²) in [5.74, 6) is 1.96. The summed E-state index contributed by atoms with van der Waals surface area (Å²) in [6.45, 7) is 19.1. The molecule has 0 bridgehead atoms. The Balaban J connectivity index is 1.51. The van der Waals surface area contributed by atoms with E-state index in [1.54, 1.807) is 0 Å². The molecule has 234 valence electrons. The Kier molecular flexibility index (Phi) is 8.24. The van der Waals surface area contributed by atoms with E-state index in [1.807, 2.05) is 0 Å². The highest BCUT2D eigenvalue weighted by atomic mass is 17.1. The number of hydrogen-bond donors (Lipinski definition) is 3. The van der Waals surface area contributed by atoms with Gasteiger partial charge >= 0.3 is 0 Å². The van der Waals surface area contributed by atoms with Crippen molar-refractivity contribution in [3.8, 4) is 0 Å². The van der Waals surface area contributed by atoms with E-state index in [1.165, 1.54) is 18.4 Å². The van der Waals surface area contributed by atoms with Crippen molar-refractivity contribution in [2.75, 3.05) is 33.7 Å². The van der Waals surface area contributed by atoms with Crippen molar-refractivity contribution < 1.29 is 20.0 Å². The number of rotatable bonds is 8. The first kappa shape index (κ1) is 31.6. The van der Waals surface area contributed by atoms with Gasteiger partial charge in [0.15, 0.2) is 5.78 Å². The summed E-state index contributed by atoms with van der Waals surface area (Å²) in [4.78, 5) is 21.0. The minimum absolute atomic E-state index is 0.0581. The molecular weight excluding hydrogens is 512 g/mol. The third kappa shape index (κ3) is 4.47. The lowest BCUT2D eigenvalue weighted by molar-refractivity contribution is -0.332. The van der Waals surface area contributed by atoms with Gasteiger partial charge in [-0.1, -0.05) is 54.0 Å². The summed E-state index contributed by atoms with van der Waals surface area (Å²) in [5, 5.41) is 25.2. The maximum atomic E-state index is 13.8. The van der Waals surface area contributed by atoms with E-state index in [0.717, 1.165) is 57.2 Å². The molecule has 0 aromatic rings. The number of fused-ring (bicyclic) bond motifs is 7. The van der Waals surface area contributed by atoms with Gasteiger partial charge in [-0.2, -0.15) is 0 Å². The first-order chi connectivity index (χ1) is 19.1. The van der Waals surface area contributed by atoms with E-state index < -0.39 is 11.5 Å². The fourth-order valence-electron chi connectivity index (χ4n) is 12.0. The molecule has 41 heavy (non-hydrogen) atoms. The van der Waals surface area contributed by atoms with Crippen LogP contribution >= 0.6 is 0 Å². The molecule has 0 saturated heterocycles. The van der Waals surface area contributed by atoms with E-state index in [2.05, 4.69) is 72.8 Å². The number of carbonyl (C=O) groups is 1. The van der Waals surface area contributed by atoms with Crippen LogP contribution in [0.25, 0.3) is 0 Å². The summed E-state index contributed by atoms with van der Waals surface area (Å²) < 4.78 is 0. The van der Waals surface area contributed by atoms with E-state index in [0.29, 0.717) is 36.5 Å². The summed E-state index contributed by atoms with van der Waals surface area (Å²) in [7, 11) is 4.14. The average Bonchev–Trinajstić information content (AvgIpc) is 3.20. The minimum Gasteiger partial charge on any atom is -0.391 e. The molecule has 4 fully saturated rings. The second-order valence-corrected chi connectivity index (χ2v) is 16.8.